The summed E-state index contributed by atoms with van der Waals surface area (Å²) in [6, 6.07) is 17.1. The van der Waals surface area contributed by atoms with Crippen molar-refractivity contribution in [1.82, 2.24) is 20.9 Å². The molecule has 0 aliphatic carbocycles. The summed E-state index contributed by atoms with van der Waals surface area (Å²) in [5, 5.41) is 22.1. The number of hydrogen-bond donors (Lipinski definition) is 5. The number of amides is 4. The molecule has 3 rings (SSSR count). The standard InChI is InChI=1S/C26H29N5O5S/c32-22(30-21(24(34)35)14-23(33)27-15-18-8-3-1-4-9-18)13-7-12-20-17-37-26(29-20)31-25(36)28-16-19-10-5-2-6-11-19/h1-6,8-11,17,21H,7,12-16H2,(H,27,33)(H,30,32)(H,34,35)(H2,28,29,31,36)/t21-/m0/s1. The minimum absolute atomic E-state index is 0.0767. The second kappa shape index (κ2) is 14.3. The first kappa shape index (κ1) is 27.3. The number of thiazole rings is 1. The van der Waals surface area contributed by atoms with Crippen molar-refractivity contribution in [3.05, 3.63) is 82.9 Å². The Bertz CT molecular complexity index is 1190. The summed E-state index contributed by atoms with van der Waals surface area (Å²) in [5.74, 6) is -2.20. The van der Waals surface area contributed by atoms with Gasteiger partial charge >= 0.3 is 12.0 Å². The van der Waals surface area contributed by atoms with Gasteiger partial charge in [-0.2, -0.15) is 0 Å². The van der Waals surface area contributed by atoms with E-state index < -0.39 is 23.8 Å². The van der Waals surface area contributed by atoms with E-state index >= 15 is 0 Å². The third-order valence-electron chi connectivity index (χ3n) is 5.26. The number of nitrogens with one attached hydrogen (secondary N) is 4. The summed E-state index contributed by atoms with van der Waals surface area (Å²) in [6.07, 6.45) is 0.628. The fraction of sp³-hybridized carbons (Fsp3) is 0.269. The number of benzene rings is 2. The molecule has 0 saturated heterocycles. The normalized spacial score (nSPS) is 11.2. The van der Waals surface area contributed by atoms with Crippen molar-refractivity contribution >= 4 is 40.3 Å². The van der Waals surface area contributed by atoms with Crippen molar-refractivity contribution in [3.8, 4) is 0 Å². The van der Waals surface area contributed by atoms with Crippen LogP contribution in [0.4, 0.5) is 9.93 Å². The number of hydrogen-bond acceptors (Lipinski definition) is 6. The summed E-state index contributed by atoms with van der Waals surface area (Å²) in [6.45, 7) is 0.672. The van der Waals surface area contributed by atoms with Gasteiger partial charge in [0.1, 0.15) is 6.04 Å². The molecular weight excluding hydrogens is 494 g/mol. The van der Waals surface area contributed by atoms with Gasteiger partial charge in [-0.25, -0.2) is 14.6 Å². The lowest BCUT2D eigenvalue weighted by Crippen LogP contribution is -2.44. The number of aliphatic carboxylic acids is 1. The van der Waals surface area contributed by atoms with Gasteiger partial charge in [-0.1, -0.05) is 60.7 Å². The molecule has 37 heavy (non-hydrogen) atoms. The van der Waals surface area contributed by atoms with Gasteiger partial charge in [0.05, 0.1) is 12.1 Å². The van der Waals surface area contributed by atoms with E-state index in [2.05, 4.69) is 26.3 Å². The zero-order valence-corrected chi connectivity index (χ0v) is 20.9. The maximum absolute atomic E-state index is 12.3. The van der Waals surface area contributed by atoms with E-state index in [-0.39, 0.29) is 25.4 Å². The van der Waals surface area contributed by atoms with E-state index in [0.29, 0.717) is 30.2 Å². The van der Waals surface area contributed by atoms with Crippen LogP contribution in [-0.2, 0) is 33.9 Å². The third kappa shape index (κ3) is 10.1. The highest BCUT2D eigenvalue weighted by Crippen LogP contribution is 2.17. The molecule has 0 saturated carbocycles. The summed E-state index contributed by atoms with van der Waals surface area (Å²) >= 11 is 1.28. The number of rotatable bonds is 13. The van der Waals surface area contributed by atoms with E-state index in [9.17, 15) is 24.3 Å². The molecule has 5 N–H and O–H groups in total. The summed E-state index contributed by atoms with van der Waals surface area (Å²) < 4.78 is 0. The molecular formula is C26H29N5O5S. The topological polar surface area (TPSA) is 150 Å². The Kier molecular flexibility index (Phi) is 10.6. The van der Waals surface area contributed by atoms with Crippen molar-refractivity contribution in [2.24, 2.45) is 0 Å². The number of carboxylic acid groups (broad SMARTS) is 1. The quantitative estimate of drug-likeness (QED) is 0.232. The molecule has 2 aromatic carbocycles. The van der Waals surface area contributed by atoms with Gasteiger partial charge in [0.25, 0.3) is 0 Å². The first-order chi connectivity index (χ1) is 17.9. The lowest BCUT2D eigenvalue weighted by atomic mass is 10.1. The summed E-state index contributed by atoms with van der Waals surface area (Å²) in [4.78, 5) is 52.3. The molecule has 0 fully saturated rings. The van der Waals surface area contributed by atoms with Crippen LogP contribution in [0, 0.1) is 0 Å². The van der Waals surface area contributed by atoms with Crippen molar-refractivity contribution < 1.29 is 24.3 Å². The van der Waals surface area contributed by atoms with Crippen molar-refractivity contribution in [2.75, 3.05) is 5.32 Å². The fourth-order valence-electron chi connectivity index (χ4n) is 3.35. The number of carbonyl (C=O) groups excluding carboxylic acids is 3. The molecule has 0 aliphatic rings. The highest BCUT2D eigenvalue weighted by molar-refractivity contribution is 7.13. The van der Waals surface area contributed by atoms with Crippen LogP contribution in [0.3, 0.4) is 0 Å². The van der Waals surface area contributed by atoms with Crippen molar-refractivity contribution in [3.63, 3.8) is 0 Å². The average molecular weight is 524 g/mol. The molecule has 10 nitrogen and oxygen atoms in total. The predicted octanol–water partition coefficient (Wildman–Crippen LogP) is 3.06. The van der Waals surface area contributed by atoms with Crippen LogP contribution in [0.2, 0.25) is 0 Å². The molecule has 0 unspecified atom stereocenters. The van der Waals surface area contributed by atoms with Gasteiger partial charge in [-0.3, -0.25) is 14.9 Å². The van der Waals surface area contributed by atoms with Gasteiger partial charge in [-0.05, 0) is 24.0 Å². The molecule has 11 heteroatoms. The molecule has 1 heterocycles. The molecule has 0 radical (unpaired) electrons. The predicted molar refractivity (Wildman–Crippen MR) is 140 cm³/mol. The van der Waals surface area contributed by atoms with Gasteiger partial charge in [0.2, 0.25) is 11.8 Å². The van der Waals surface area contributed by atoms with Crippen LogP contribution >= 0.6 is 11.3 Å². The van der Waals surface area contributed by atoms with E-state index in [1.807, 2.05) is 60.7 Å². The molecule has 0 spiro atoms. The van der Waals surface area contributed by atoms with Crippen molar-refractivity contribution in [2.45, 2.75) is 44.8 Å². The lowest BCUT2D eigenvalue weighted by molar-refractivity contribution is -0.143. The van der Waals surface area contributed by atoms with Crippen LogP contribution in [0.1, 0.15) is 36.1 Å². The highest BCUT2D eigenvalue weighted by atomic mass is 32.1. The van der Waals surface area contributed by atoms with Gasteiger partial charge in [0, 0.05) is 24.9 Å². The third-order valence-corrected chi connectivity index (χ3v) is 6.07. The second-order valence-corrected chi connectivity index (χ2v) is 9.07. The van der Waals surface area contributed by atoms with Crippen LogP contribution in [0.25, 0.3) is 0 Å². The maximum atomic E-state index is 12.3. The molecule has 4 amide bonds. The Morgan fingerprint density at radius 3 is 2.11 bits per heavy atom. The zero-order valence-electron chi connectivity index (χ0n) is 20.1. The van der Waals surface area contributed by atoms with Gasteiger partial charge in [0.15, 0.2) is 5.13 Å². The molecule has 1 atom stereocenters. The van der Waals surface area contributed by atoms with Gasteiger partial charge in [-0.15, -0.1) is 11.3 Å². The molecule has 3 aromatic rings. The Morgan fingerprint density at radius 1 is 0.865 bits per heavy atom. The number of carboxylic acids is 1. The Labute approximate surface area is 218 Å². The Balaban J connectivity index is 1.35. The minimum Gasteiger partial charge on any atom is -0.480 e. The van der Waals surface area contributed by atoms with E-state index in [1.54, 1.807) is 5.38 Å². The van der Waals surface area contributed by atoms with E-state index in [4.69, 9.17) is 0 Å². The number of urea groups is 1. The zero-order chi connectivity index (χ0) is 26.5. The summed E-state index contributed by atoms with van der Waals surface area (Å²) in [5.41, 5.74) is 2.58. The van der Waals surface area contributed by atoms with Crippen molar-refractivity contribution in [1.29, 1.82) is 0 Å². The maximum Gasteiger partial charge on any atom is 0.326 e. The molecule has 1 aromatic heterocycles. The van der Waals surface area contributed by atoms with Crippen LogP contribution in [0.5, 0.6) is 0 Å². The minimum atomic E-state index is -1.31. The van der Waals surface area contributed by atoms with Crippen LogP contribution in [0.15, 0.2) is 66.0 Å². The number of aromatic nitrogens is 1. The van der Waals surface area contributed by atoms with E-state index in [0.717, 1.165) is 11.1 Å². The smallest absolute Gasteiger partial charge is 0.326 e. The largest absolute Gasteiger partial charge is 0.480 e. The Hall–Kier alpha value is -4.25. The fourth-order valence-corrected chi connectivity index (χ4v) is 4.09. The first-order valence-corrected chi connectivity index (χ1v) is 12.6. The van der Waals surface area contributed by atoms with Gasteiger partial charge < -0.3 is 21.1 Å². The highest BCUT2D eigenvalue weighted by Gasteiger charge is 2.23. The molecule has 194 valence electrons. The number of anilines is 1. The molecule has 0 aliphatic heterocycles. The average Bonchev–Trinajstić information content (AvgIpc) is 3.34. The number of nitrogens with zero attached hydrogens (tertiary/aromatic N) is 1. The van der Waals surface area contributed by atoms with Crippen LogP contribution < -0.4 is 21.3 Å². The first-order valence-electron chi connectivity index (χ1n) is 11.7. The monoisotopic (exact) mass is 523 g/mol. The SMILES string of the molecule is O=C(C[C@H](NC(=O)CCCc1csc(NC(=O)NCc2ccccc2)n1)C(=O)O)NCc1ccccc1. The molecule has 0 bridgehead atoms. The van der Waals surface area contributed by atoms with Crippen LogP contribution in [-0.4, -0.2) is 39.9 Å². The second-order valence-electron chi connectivity index (χ2n) is 8.22. The Morgan fingerprint density at radius 2 is 1.49 bits per heavy atom. The number of aryl methyl sites for hydroxylation is 1. The number of carbonyl (C=O) groups is 4. The lowest BCUT2D eigenvalue weighted by Gasteiger charge is -2.14. The van der Waals surface area contributed by atoms with E-state index in [1.165, 1.54) is 11.3 Å². The summed E-state index contributed by atoms with van der Waals surface area (Å²) in [7, 11) is 0.